The molecule has 0 aliphatic heterocycles. The number of carbonyl (C=O) groups is 1. The van der Waals surface area contributed by atoms with Crippen LogP contribution in [-0.4, -0.2) is 40.4 Å². The van der Waals surface area contributed by atoms with Crippen LogP contribution in [0.25, 0.3) is 11.3 Å². The molecule has 6 heteroatoms. The van der Waals surface area contributed by atoms with Gasteiger partial charge in [-0.3, -0.25) is 9.69 Å². The Kier molecular flexibility index (Phi) is 8.20. The Labute approximate surface area is 207 Å². The first-order valence-corrected chi connectivity index (χ1v) is 11.9. The maximum absolute atomic E-state index is 12.8. The van der Waals surface area contributed by atoms with Crippen LogP contribution in [0.3, 0.4) is 0 Å². The molecule has 6 nitrogen and oxygen atoms in total. The highest BCUT2D eigenvalue weighted by atomic mass is 16.1. The molecule has 0 saturated carbocycles. The molecule has 0 spiro atoms. The van der Waals surface area contributed by atoms with E-state index in [9.17, 15) is 4.79 Å². The minimum absolute atomic E-state index is 0.0903. The van der Waals surface area contributed by atoms with Gasteiger partial charge in [0, 0.05) is 42.5 Å². The Morgan fingerprint density at radius 1 is 0.914 bits per heavy atom. The summed E-state index contributed by atoms with van der Waals surface area (Å²) in [7, 11) is 0. The number of aromatic nitrogens is 2. The molecule has 0 fully saturated rings. The van der Waals surface area contributed by atoms with Crippen molar-refractivity contribution in [3.63, 3.8) is 0 Å². The summed E-state index contributed by atoms with van der Waals surface area (Å²) in [6.45, 7) is 7.37. The minimum Gasteiger partial charge on any atom is -0.351 e. The van der Waals surface area contributed by atoms with E-state index in [4.69, 9.17) is 0 Å². The molecule has 4 rings (SSSR count). The highest BCUT2D eigenvalue weighted by Crippen LogP contribution is 2.22. The van der Waals surface area contributed by atoms with Crippen molar-refractivity contribution in [1.29, 1.82) is 0 Å². The van der Waals surface area contributed by atoms with E-state index < -0.39 is 0 Å². The van der Waals surface area contributed by atoms with Gasteiger partial charge in [-0.05, 0) is 37.2 Å². The van der Waals surface area contributed by atoms with E-state index in [1.807, 2.05) is 48.5 Å². The molecule has 1 heterocycles. The molecule has 2 N–H and O–H groups in total. The Balaban J connectivity index is 1.34. The molecule has 3 aromatic carbocycles. The second kappa shape index (κ2) is 11.9. The summed E-state index contributed by atoms with van der Waals surface area (Å²) in [5.74, 6) is 0.583. The fourth-order valence-electron chi connectivity index (χ4n) is 3.81. The van der Waals surface area contributed by atoms with Crippen molar-refractivity contribution in [2.45, 2.75) is 20.4 Å². The van der Waals surface area contributed by atoms with Crippen LogP contribution >= 0.6 is 0 Å². The van der Waals surface area contributed by atoms with E-state index in [0.29, 0.717) is 17.9 Å². The van der Waals surface area contributed by atoms with E-state index in [2.05, 4.69) is 75.7 Å². The van der Waals surface area contributed by atoms with Gasteiger partial charge in [0.25, 0.3) is 5.91 Å². The number of benzene rings is 3. The van der Waals surface area contributed by atoms with Crippen LogP contribution in [0.1, 0.15) is 28.4 Å². The van der Waals surface area contributed by atoms with Gasteiger partial charge in [-0.2, -0.15) is 0 Å². The van der Waals surface area contributed by atoms with E-state index in [0.717, 1.165) is 36.6 Å². The molecule has 4 aromatic rings. The Morgan fingerprint density at radius 2 is 1.71 bits per heavy atom. The van der Waals surface area contributed by atoms with Crippen molar-refractivity contribution in [2.24, 2.45) is 0 Å². The highest BCUT2D eigenvalue weighted by molar-refractivity contribution is 5.95. The van der Waals surface area contributed by atoms with Crippen molar-refractivity contribution >= 4 is 17.4 Å². The first-order chi connectivity index (χ1) is 17.1. The van der Waals surface area contributed by atoms with Gasteiger partial charge in [0.05, 0.1) is 5.69 Å². The van der Waals surface area contributed by atoms with Crippen LogP contribution in [0.5, 0.6) is 0 Å². The SMILES string of the molecule is CCN(CCNC(=O)c1cccc(Nc2cc(-c3ccc(C)cc3)ncn2)c1)Cc1ccccc1. The summed E-state index contributed by atoms with van der Waals surface area (Å²) in [5.41, 5.74) is 5.75. The lowest BCUT2D eigenvalue weighted by Crippen LogP contribution is -2.34. The number of nitrogens with zero attached hydrogens (tertiary/aromatic N) is 3. The summed E-state index contributed by atoms with van der Waals surface area (Å²) in [4.78, 5) is 23.8. The van der Waals surface area contributed by atoms with Crippen LogP contribution in [0, 0.1) is 6.92 Å². The predicted octanol–water partition coefficient (Wildman–Crippen LogP) is 5.45. The van der Waals surface area contributed by atoms with Crippen molar-refractivity contribution in [2.75, 3.05) is 25.0 Å². The van der Waals surface area contributed by atoms with Crippen LogP contribution in [0.2, 0.25) is 0 Å². The average molecular weight is 466 g/mol. The van der Waals surface area contributed by atoms with Gasteiger partial charge in [-0.25, -0.2) is 9.97 Å². The zero-order chi connectivity index (χ0) is 24.5. The number of likely N-dealkylation sites (N-methyl/N-ethyl adjacent to an activating group) is 1. The van der Waals surface area contributed by atoms with Gasteiger partial charge in [-0.15, -0.1) is 0 Å². The van der Waals surface area contributed by atoms with Gasteiger partial charge in [0.1, 0.15) is 12.1 Å². The van der Waals surface area contributed by atoms with E-state index >= 15 is 0 Å². The molecular weight excluding hydrogens is 434 g/mol. The van der Waals surface area contributed by atoms with Gasteiger partial charge in [0.15, 0.2) is 0 Å². The predicted molar refractivity (Wildman–Crippen MR) is 142 cm³/mol. The van der Waals surface area contributed by atoms with E-state index in [1.54, 1.807) is 6.33 Å². The van der Waals surface area contributed by atoms with E-state index in [-0.39, 0.29) is 5.91 Å². The van der Waals surface area contributed by atoms with Gasteiger partial charge in [0.2, 0.25) is 0 Å². The van der Waals surface area contributed by atoms with Crippen molar-refractivity contribution in [3.05, 3.63) is 108 Å². The average Bonchev–Trinajstić information content (AvgIpc) is 2.89. The molecule has 1 amide bonds. The van der Waals surface area contributed by atoms with Gasteiger partial charge < -0.3 is 10.6 Å². The van der Waals surface area contributed by atoms with Gasteiger partial charge in [-0.1, -0.05) is 73.2 Å². The number of hydrogen-bond acceptors (Lipinski definition) is 5. The third-order valence-corrected chi connectivity index (χ3v) is 5.82. The topological polar surface area (TPSA) is 70.2 Å². The number of hydrogen-bond donors (Lipinski definition) is 2. The smallest absolute Gasteiger partial charge is 0.251 e. The van der Waals surface area contributed by atoms with E-state index in [1.165, 1.54) is 11.1 Å². The highest BCUT2D eigenvalue weighted by Gasteiger charge is 2.09. The number of nitrogens with one attached hydrogen (secondary N) is 2. The molecule has 1 aromatic heterocycles. The number of carbonyl (C=O) groups excluding carboxylic acids is 1. The quantitative estimate of drug-likeness (QED) is 0.326. The van der Waals surface area contributed by atoms with Crippen LogP contribution in [0.4, 0.5) is 11.5 Å². The minimum atomic E-state index is -0.0903. The molecule has 0 unspecified atom stereocenters. The normalized spacial score (nSPS) is 10.8. The Morgan fingerprint density at radius 3 is 2.49 bits per heavy atom. The van der Waals surface area contributed by atoms with Crippen LogP contribution in [0.15, 0.2) is 91.3 Å². The zero-order valence-electron chi connectivity index (χ0n) is 20.2. The molecule has 178 valence electrons. The van der Waals surface area contributed by atoms with Gasteiger partial charge >= 0.3 is 0 Å². The largest absolute Gasteiger partial charge is 0.351 e. The van der Waals surface area contributed by atoms with Crippen LogP contribution < -0.4 is 10.6 Å². The molecule has 0 aliphatic carbocycles. The lowest BCUT2D eigenvalue weighted by atomic mass is 10.1. The summed E-state index contributed by atoms with van der Waals surface area (Å²) >= 11 is 0. The second-order valence-corrected chi connectivity index (χ2v) is 8.47. The van der Waals surface area contributed by atoms with Crippen molar-refractivity contribution < 1.29 is 4.79 Å². The third kappa shape index (κ3) is 6.98. The lowest BCUT2D eigenvalue weighted by Gasteiger charge is -2.20. The van der Waals surface area contributed by atoms with Crippen molar-refractivity contribution in [1.82, 2.24) is 20.2 Å². The van der Waals surface area contributed by atoms with Crippen LogP contribution in [-0.2, 0) is 6.54 Å². The first kappa shape index (κ1) is 24.1. The number of anilines is 2. The monoisotopic (exact) mass is 465 g/mol. The Hall–Kier alpha value is -4.03. The molecular formula is C29H31N5O. The molecule has 0 bridgehead atoms. The molecule has 0 saturated heterocycles. The summed E-state index contributed by atoms with van der Waals surface area (Å²) < 4.78 is 0. The third-order valence-electron chi connectivity index (χ3n) is 5.82. The second-order valence-electron chi connectivity index (χ2n) is 8.47. The fourth-order valence-corrected chi connectivity index (χ4v) is 3.81. The molecule has 0 atom stereocenters. The zero-order valence-corrected chi connectivity index (χ0v) is 20.2. The molecule has 0 aliphatic rings. The van der Waals surface area contributed by atoms with Crippen molar-refractivity contribution in [3.8, 4) is 11.3 Å². The summed E-state index contributed by atoms with van der Waals surface area (Å²) in [5, 5.41) is 6.33. The number of amides is 1. The maximum Gasteiger partial charge on any atom is 0.251 e. The number of aryl methyl sites for hydroxylation is 1. The summed E-state index contributed by atoms with van der Waals surface area (Å²) in [6, 6.07) is 28.0. The first-order valence-electron chi connectivity index (χ1n) is 11.9. The summed E-state index contributed by atoms with van der Waals surface area (Å²) in [6.07, 6.45) is 1.54. The Bertz CT molecular complexity index is 1240. The number of rotatable bonds is 10. The standard InChI is InChI=1S/C29H31N5O/c1-3-34(20-23-8-5-4-6-9-23)17-16-30-29(35)25-10-7-11-26(18-25)33-28-19-27(31-21-32-28)24-14-12-22(2)13-15-24/h4-15,18-19,21H,3,16-17,20H2,1-2H3,(H,30,35)(H,31,32,33). The molecule has 35 heavy (non-hydrogen) atoms. The fraction of sp³-hybridized carbons (Fsp3) is 0.207. The molecule has 0 radical (unpaired) electrons. The maximum atomic E-state index is 12.8. The lowest BCUT2D eigenvalue weighted by molar-refractivity contribution is 0.0948.